The molecule has 1 saturated heterocycles. The molecule has 1 atom stereocenters. The van der Waals surface area contributed by atoms with Crippen molar-refractivity contribution in [3.63, 3.8) is 0 Å². The van der Waals surface area contributed by atoms with E-state index in [1.165, 1.54) is 12.8 Å². The minimum atomic E-state index is -0.0998. The quantitative estimate of drug-likeness (QED) is 0.574. The Morgan fingerprint density at radius 1 is 1.19 bits per heavy atom. The van der Waals surface area contributed by atoms with Crippen LogP contribution in [0.15, 0.2) is 40.9 Å². The number of nitrogens with zero attached hydrogens (tertiary/aromatic N) is 2. The second-order valence-corrected chi connectivity index (χ2v) is 8.30. The van der Waals surface area contributed by atoms with Crippen LogP contribution in [-0.4, -0.2) is 41.6 Å². The summed E-state index contributed by atoms with van der Waals surface area (Å²) in [5.74, 6) is 1.21. The Hall–Kier alpha value is -2.86. The predicted octanol–water partition coefficient (Wildman–Crippen LogP) is 4.63. The van der Waals surface area contributed by atoms with Gasteiger partial charge in [0.25, 0.3) is 5.91 Å². The number of likely N-dealkylation sites (tertiary alicyclic amines) is 1. The van der Waals surface area contributed by atoms with Gasteiger partial charge in [0, 0.05) is 12.6 Å². The molecule has 0 saturated carbocycles. The third-order valence-corrected chi connectivity index (χ3v) is 6.27. The van der Waals surface area contributed by atoms with Gasteiger partial charge in [0.2, 0.25) is 0 Å². The van der Waals surface area contributed by atoms with Crippen LogP contribution in [0.2, 0.25) is 0 Å². The summed E-state index contributed by atoms with van der Waals surface area (Å²) >= 11 is 0. The van der Waals surface area contributed by atoms with Gasteiger partial charge in [0.15, 0.2) is 0 Å². The van der Waals surface area contributed by atoms with E-state index >= 15 is 0 Å². The summed E-state index contributed by atoms with van der Waals surface area (Å²) in [5.41, 5.74) is 2.28. The molecule has 6 nitrogen and oxygen atoms in total. The first-order valence-corrected chi connectivity index (χ1v) is 11.2. The zero-order valence-electron chi connectivity index (χ0n) is 18.6. The highest BCUT2D eigenvalue weighted by atomic mass is 16.5. The van der Waals surface area contributed by atoms with Crippen molar-refractivity contribution in [3.05, 3.63) is 59.0 Å². The van der Waals surface area contributed by atoms with Crippen molar-refractivity contribution in [2.24, 2.45) is 0 Å². The van der Waals surface area contributed by atoms with Crippen LogP contribution in [0, 0.1) is 13.8 Å². The number of aromatic nitrogens is 1. The SMILES string of the molecule is CC[C@H](CNC(=O)c1cc2ccccc2cc1OCc1c(C)noc1C)N1CCCC1. The summed E-state index contributed by atoms with van der Waals surface area (Å²) in [5, 5.41) is 9.21. The van der Waals surface area contributed by atoms with Gasteiger partial charge >= 0.3 is 0 Å². The summed E-state index contributed by atoms with van der Waals surface area (Å²) in [6.45, 7) is 9.15. The zero-order valence-corrected chi connectivity index (χ0v) is 18.6. The molecule has 1 aliphatic rings. The largest absolute Gasteiger partial charge is 0.488 e. The molecule has 2 heterocycles. The van der Waals surface area contributed by atoms with Gasteiger partial charge in [-0.3, -0.25) is 9.69 Å². The second-order valence-electron chi connectivity index (χ2n) is 8.30. The van der Waals surface area contributed by atoms with Crippen LogP contribution in [0.5, 0.6) is 5.75 Å². The molecule has 0 radical (unpaired) electrons. The highest BCUT2D eigenvalue weighted by Gasteiger charge is 2.22. The van der Waals surface area contributed by atoms with E-state index in [0.29, 0.717) is 30.5 Å². The fourth-order valence-electron chi connectivity index (χ4n) is 4.32. The lowest BCUT2D eigenvalue weighted by Gasteiger charge is -2.26. The van der Waals surface area contributed by atoms with Crippen molar-refractivity contribution in [1.29, 1.82) is 0 Å². The van der Waals surface area contributed by atoms with Gasteiger partial charge in [-0.25, -0.2) is 0 Å². The van der Waals surface area contributed by atoms with Gasteiger partial charge in [-0.2, -0.15) is 0 Å². The summed E-state index contributed by atoms with van der Waals surface area (Å²) < 4.78 is 11.4. The van der Waals surface area contributed by atoms with Crippen molar-refractivity contribution in [2.75, 3.05) is 19.6 Å². The number of hydrogen-bond donors (Lipinski definition) is 1. The highest BCUT2D eigenvalue weighted by Crippen LogP contribution is 2.28. The molecule has 4 rings (SSSR count). The van der Waals surface area contributed by atoms with E-state index in [1.54, 1.807) is 0 Å². The van der Waals surface area contributed by atoms with Gasteiger partial charge < -0.3 is 14.6 Å². The van der Waals surface area contributed by atoms with Crippen molar-refractivity contribution >= 4 is 16.7 Å². The molecular formula is C25H31N3O3. The van der Waals surface area contributed by atoms with Crippen LogP contribution < -0.4 is 10.1 Å². The third kappa shape index (κ3) is 4.74. The summed E-state index contributed by atoms with van der Waals surface area (Å²) in [7, 11) is 0. The number of carbonyl (C=O) groups excluding carboxylic acids is 1. The Balaban J connectivity index is 1.55. The molecule has 1 aliphatic heterocycles. The molecule has 31 heavy (non-hydrogen) atoms. The number of aryl methyl sites for hydroxylation is 2. The number of hydrogen-bond acceptors (Lipinski definition) is 5. The van der Waals surface area contributed by atoms with E-state index in [2.05, 4.69) is 22.3 Å². The molecule has 2 aromatic carbocycles. The van der Waals surface area contributed by atoms with E-state index in [4.69, 9.17) is 9.26 Å². The molecule has 0 aliphatic carbocycles. The summed E-state index contributed by atoms with van der Waals surface area (Å²) in [6, 6.07) is 12.3. The molecule has 1 amide bonds. The Kier molecular flexibility index (Phi) is 6.56. The molecule has 1 N–H and O–H groups in total. The molecule has 0 bridgehead atoms. The van der Waals surface area contributed by atoms with E-state index in [-0.39, 0.29) is 5.91 Å². The van der Waals surface area contributed by atoms with Crippen LogP contribution in [0.3, 0.4) is 0 Å². The average molecular weight is 422 g/mol. The van der Waals surface area contributed by atoms with Crippen LogP contribution in [0.4, 0.5) is 0 Å². The van der Waals surface area contributed by atoms with Crippen molar-refractivity contribution < 1.29 is 14.1 Å². The molecule has 0 spiro atoms. The topological polar surface area (TPSA) is 67.6 Å². The first-order chi connectivity index (χ1) is 15.1. The molecule has 6 heteroatoms. The number of amides is 1. The van der Waals surface area contributed by atoms with Crippen molar-refractivity contribution in [1.82, 2.24) is 15.4 Å². The first kappa shape index (κ1) is 21.4. The Morgan fingerprint density at radius 3 is 2.55 bits per heavy atom. The average Bonchev–Trinajstić information content (AvgIpc) is 3.42. The van der Waals surface area contributed by atoms with Gasteiger partial charge in [0.1, 0.15) is 18.1 Å². The number of fused-ring (bicyclic) bond motifs is 1. The van der Waals surface area contributed by atoms with Gasteiger partial charge in [-0.1, -0.05) is 36.3 Å². The lowest BCUT2D eigenvalue weighted by molar-refractivity contribution is 0.0932. The molecule has 1 aromatic heterocycles. The second kappa shape index (κ2) is 9.52. The number of ether oxygens (including phenoxy) is 1. The number of rotatable bonds is 8. The lowest BCUT2D eigenvalue weighted by atomic mass is 10.0. The van der Waals surface area contributed by atoms with E-state index in [9.17, 15) is 4.79 Å². The third-order valence-electron chi connectivity index (χ3n) is 6.27. The highest BCUT2D eigenvalue weighted by molar-refractivity contribution is 6.01. The normalized spacial score (nSPS) is 15.3. The minimum Gasteiger partial charge on any atom is -0.488 e. The smallest absolute Gasteiger partial charge is 0.255 e. The van der Waals surface area contributed by atoms with Crippen LogP contribution in [-0.2, 0) is 6.61 Å². The van der Waals surface area contributed by atoms with Gasteiger partial charge in [0.05, 0.1) is 16.8 Å². The van der Waals surface area contributed by atoms with E-state index in [1.807, 2.05) is 50.2 Å². The maximum atomic E-state index is 13.2. The molecule has 164 valence electrons. The summed E-state index contributed by atoms with van der Waals surface area (Å²) in [6.07, 6.45) is 3.51. The van der Waals surface area contributed by atoms with Gasteiger partial charge in [-0.15, -0.1) is 0 Å². The number of benzene rings is 2. The lowest BCUT2D eigenvalue weighted by Crippen LogP contribution is -2.42. The fraction of sp³-hybridized carbons (Fsp3) is 0.440. The monoisotopic (exact) mass is 421 g/mol. The predicted molar refractivity (Wildman–Crippen MR) is 121 cm³/mol. The maximum absolute atomic E-state index is 13.2. The molecule has 1 fully saturated rings. The van der Waals surface area contributed by atoms with Crippen LogP contribution >= 0.6 is 0 Å². The molecule has 3 aromatic rings. The fourth-order valence-corrected chi connectivity index (χ4v) is 4.32. The molecule has 0 unspecified atom stereocenters. The van der Waals surface area contributed by atoms with Crippen LogP contribution in [0.1, 0.15) is 53.6 Å². The minimum absolute atomic E-state index is 0.0998. The standard InChI is InChI=1S/C25H31N3O3/c1-4-21(28-11-7-8-12-28)15-26-25(29)22-13-19-9-5-6-10-20(19)14-24(22)30-16-23-17(2)27-31-18(23)3/h5-6,9-10,13-14,21H,4,7-8,11-12,15-16H2,1-3H3,(H,26,29)/t21-/m1/s1. The Morgan fingerprint density at radius 2 is 1.90 bits per heavy atom. The first-order valence-electron chi connectivity index (χ1n) is 11.2. The van der Waals surface area contributed by atoms with Gasteiger partial charge in [-0.05, 0) is 69.1 Å². The van der Waals surface area contributed by atoms with E-state index < -0.39 is 0 Å². The van der Waals surface area contributed by atoms with E-state index in [0.717, 1.165) is 47.3 Å². The number of nitrogens with one attached hydrogen (secondary N) is 1. The van der Waals surface area contributed by atoms with Crippen LogP contribution in [0.25, 0.3) is 10.8 Å². The summed E-state index contributed by atoms with van der Waals surface area (Å²) in [4.78, 5) is 15.7. The number of carbonyl (C=O) groups is 1. The Labute approximate surface area is 183 Å². The van der Waals surface area contributed by atoms with Crippen molar-refractivity contribution in [2.45, 2.75) is 52.7 Å². The Bertz CT molecular complexity index is 1030. The molecular weight excluding hydrogens is 390 g/mol. The zero-order chi connectivity index (χ0) is 21.8. The van der Waals surface area contributed by atoms with Crippen molar-refractivity contribution in [3.8, 4) is 5.75 Å². The maximum Gasteiger partial charge on any atom is 0.255 e.